The first-order valence-electron chi connectivity index (χ1n) is 10.2. The Morgan fingerprint density at radius 1 is 1.22 bits per heavy atom. The number of benzene rings is 1. The van der Waals surface area contributed by atoms with Crippen LogP contribution in [0.4, 0.5) is 4.39 Å². The highest BCUT2D eigenvalue weighted by atomic mass is 19.1. The third-order valence-electron chi connectivity index (χ3n) is 5.24. The average Bonchev–Trinajstić information content (AvgIpc) is 2.99. The van der Waals surface area contributed by atoms with Gasteiger partial charge in [0.1, 0.15) is 5.82 Å². The van der Waals surface area contributed by atoms with Crippen LogP contribution in [0.5, 0.6) is 0 Å². The molecular formula is C25H34FN. The molecule has 1 unspecified atom stereocenters. The van der Waals surface area contributed by atoms with Gasteiger partial charge in [-0.25, -0.2) is 4.39 Å². The van der Waals surface area contributed by atoms with Gasteiger partial charge in [-0.15, -0.1) is 0 Å². The molecule has 0 aliphatic heterocycles. The zero-order valence-corrected chi connectivity index (χ0v) is 17.8. The fraction of sp³-hybridized carbons (Fsp3) is 0.440. The molecule has 0 spiro atoms. The molecule has 1 nitrogen and oxygen atoms in total. The van der Waals surface area contributed by atoms with E-state index in [1.807, 2.05) is 19.1 Å². The van der Waals surface area contributed by atoms with E-state index in [1.54, 1.807) is 6.07 Å². The van der Waals surface area contributed by atoms with Crippen LogP contribution in [0.2, 0.25) is 0 Å². The SMILES string of the molecule is C=C(C)c1ccc(-c2cc(C(CC)CCC)c(/C=C\C)n2C(C)C)cc1F. The van der Waals surface area contributed by atoms with Gasteiger partial charge in [-0.2, -0.15) is 0 Å². The molecular weight excluding hydrogens is 333 g/mol. The Kier molecular flexibility index (Phi) is 7.24. The zero-order chi connectivity index (χ0) is 20.1. The maximum absolute atomic E-state index is 14.6. The molecule has 1 aromatic carbocycles. The molecule has 2 rings (SSSR count). The fourth-order valence-electron chi connectivity index (χ4n) is 3.95. The van der Waals surface area contributed by atoms with Gasteiger partial charge in [0.25, 0.3) is 0 Å². The van der Waals surface area contributed by atoms with Crippen LogP contribution in [0.25, 0.3) is 22.9 Å². The van der Waals surface area contributed by atoms with Gasteiger partial charge in [0.15, 0.2) is 0 Å². The lowest BCUT2D eigenvalue weighted by Crippen LogP contribution is -2.07. The molecule has 0 bridgehead atoms. The van der Waals surface area contributed by atoms with E-state index in [2.05, 4.69) is 64.0 Å². The Morgan fingerprint density at radius 3 is 2.41 bits per heavy atom. The van der Waals surface area contributed by atoms with E-state index in [9.17, 15) is 4.39 Å². The predicted octanol–water partition coefficient (Wildman–Crippen LogP) is 8.24. The Labute approximate surface area is 164 Å². The van der Waals surface area contributed by atoms with E-state index < -0.39 is 0 Å². The molecule has 0 saturated heterocycles. The van der Waals surface area contributed by atoms with Crippen molar-refractivity contribution in [1.29, 1.82) is 0 Å². The monoisotopic (exact) mass is 367 g/mol. The fourth-order valence-corrected chi connectivity index (χ4v) is 3.95. The summed E-state index contributed by atoms with van der Waals surface area (Å²) in [4.78, 5) is 0. The smallest absolute Gasteiger partial charge is 0.131 e. The normalized spacial score (nSPS) is 12.9. The minimum atomic E-state index is -0.203. The van der Waals surface area contributed by atoms with Crippen LogP contribution >= 0.6 is 0 Å². The van der Waals surface area contributed by atoms with Gasteiger partial charge < -0.3 is 4.57 Å². The topological polar surface area (TPSA) is 4.93 Å². The zero-order valence-electron chi connectivity index (χ0n) is 17.8. The largest absolute Gasteiger partial charge is 0.338 e. The molecule has 146 valence electrons. The van der Waals surface area contributed by atoms with Crippen molar-refractivity contribution in [3.8, 4) is 11.3 Å². The minimum absolute atomic E-state index is 0.203. The molecule has 1 aromatic heterocycles. The highest BCUT2D eigenvalue weighted by Gasteiger charge is 2.22. The summed E-state index contributed by atoms with van der Waals surface area (Å²) >= 11 is 0. The quantitative estimate of drug-likeness (QED) is 0.443. The summed E-state index contributed by atoms with van der Waals surface area (Å²) in [6.45, 7) is 16.7. The molecule has 2 aromatic rings. The van der Waals surface area contributed by atoms with E-state index in [-0.39, 0.29) is 5.82 Å². The van der Waals surface area contributed by atoms with Gasteiger partial charge in [-0.1, -0.05) is 45.1 Å². The molecule has 1 heterocycles. The van der Waals surface area contributed by atoms with Crippen molar-refractivity contribution in [2.45, 2.75) is 72.8 Å². The Balaban J connectivity index is 2.72. The summed E-state index contributed by atoms with van der Waals surface area (Å²) < 4.78 is 17.0. The van der Waals surface area contributed by atoms with Crippen LogP contribution in [0, 0.1) is 5.82 Å². The molecule has 0 amide bonds. The van der Waals surface area contributed by atoms with Crippen LogP contribution in [0.1, 0.15) is 89.6 Å². The standard InChI is InChI=1S/C25H34FN/c1-8-11-19(10-3)22-16-25(27(18(6)7)24(22)12-9-2)20-13-14-21(17(4)5)23(26)15-20/h9,12-16,18-19H,4,8,10-11H2,1-3,5-7H3/b12-9-. The van der Waals surface area contributed by atoms with Gasteiger partial charge in [0, 0.05) is 28.6 Å². The highest BCUT2D eigenvalue weighted by molar-refractivity contribution is 5.71. The van der Waals surface area contributed by atoms with Crippen molar-refractivity contribution < 1.29 is 4.39 Å². The first-order chi connectivity index (χ1) is 12.8. The minimum Gasteiger partial charge on any atom is -0.338 e. The van der Waals surface area contributed by atoms with Crippen molar-refractivity contribution >= 4 is 11.6 Å². The van der Waals surface area contributed by atoms with E-state index in [1.165, 1.54) is 17.7 Å². The molecule has 2 heteroatoms. The van der Waals surface area contributed by atoms with Crippen LogP contribution in [0.15, 0.2) is 36.9 Å². The number of hydrogen-bond donors (Lipinski definition) is 0. The van der Waals surface area contributed by atoms with Crippen molar-refractivity contribution in [3.63, 3.8) is 0 Å². The maximum atomic E-state index is 14.6. The van der Waals surface area contributed by atoms with Crippen LogP contribution in [-0.2, 0) is 0 Å². The molecule has 0 fully saturated rings. The summed E-state index contributed by atoms with van der Waals surface area (Å²) in [6.07, 6.45) is 7.76. The summed E-state index contributed by atoms with van der Waals surface area (Å²) in [7, 11) is 0. The van der Waals surface area contributed by atoms with Gasteiger partial charge in [0.05, 0.1) is 0 Å². The number of allylic oxidation sites excluding steroid dienone is 2. The number of hydrogen-bond acceptors (Lipinski definition) is 0. The lowest BCUT2D eigenvalue weighted by molar-refractivity contribution is 0.576. The van der Waals surface area contributed by atoms with Crippen molar-refractivity contribution in [2.75, 3.05) is 0 Å². The van der Waals surface area contributed by atoms with E-state index >= 15 is 0 Å². The van der Waals surface area contributed by atoms with Gasteiger partial charge >= 0.3 is 0 Å². The number of aromatic nitrogens is 1. The maximum Gasteiger partial charge on any atom is 0.131 e. The van der Waals surface area contributed by atoms with Gasteiger partial charge in [-0.3, -0.25) is 0 Å². The molecule has 0 N–H and O–H groups in total. The second-order valence-electron chi connectivity index (χ2n) is 7.70. The van der Waals surface area contributed by atoms with Crippen LogP contribution in [-0.4, -0.2) is 4.57 Å². The van der Waals surface area contributed by atoms with E-state index in [4.69, 9.17) is 0 Å². The first kappa shape index (κ1) is 21.2. The van der Waals surface area contributed by atoms with E-state index in [0.29, 0.717) is 17.5 Å². The second kappa shape index (κ2) is 9.21. The summed E-state index contributed by atoms with van der Waals surface area (Å²) in [6, 6.07) is 8.10. The number of halogens is 1. The van der Waals surface area contributed by atoms with Gasteiger partial charge in [0.2, 0.25) is 0 Å². The molecule has 0 radical (unpaired) electrons. The van der Waals surface area contributed by atoms with E-state index in [0.717, 1.165) is 29.7 Å². The molecule has 1 atom stereocenters. The molecule has 0 aliphatic carbocycles. The Hall–Kier alpha value is -2.09. The molecule has 0 aliphatic rings. The Bertz CT molecular complexity index is 823. The predicted molar refractivity (Wildman–Crippen MR) is 118 cm³/mol. The highest BCUT2D eigenvalue weighted by Crippen LogP contribution is 2.37. The first-order valence-corrected chi connectivity index (χ1v) is 10.2. The summed E-state index contributed by atoms with van der Waals surface area (Å²) in [5, 5.41) is 0. The lowest BCUT2D eigenvalue weighted by atomic mass is 9.91. The summed E-state index contributed by atoms with van der Waals surface area (Å²) in [5.74, 6) is 0.325. The Morgan fingerprint density at radius 2 is 1.93 bits per heavy atom. The van der Waals surface area contributed by atoms with Gasteiger partial charge in [-0.05, 0) is 75.8 Å². The number of rotatable bonds is 8. The van der Waals surface area contributed by atoms with Crippen LogP contribution < -0.4 is 0 Å². The van der Waals surface area contributed by atoms with Crippen molar-refractivity contribution in [3.05, 3.63) is 59.6 Å². The molecule has 0 saturated carbocycles. The second-order valence-corrected chi connectivity index (χ2v) is 7.70. The third kappa shape index (κ3) is 4.43. The summed E-state index contributed by atoms with van der Waals surface area (Å²) in [5.41, 5.74) is 6.00. The number of nitrogens with zero attached hydrogens (tertiary/aromatic N) is 1. The van der Waals surface area contributed by atoms with Crippen molar-refractivity contribution in [1.82, 2.24) is 4.57 Å². The molecule has 27 heavy (non-hydrogen) atoms. The lowest BCUT2D eigenvalue weighted by Gasteiger charge is -2.19. The third-order valence-corrected chi connectivity index (χ3v) is 5.24. The average molecular weight is 368 g/mol. The van der Waals surface area contributed by atoms with Crippen LogP contribution in [0.3, 0.4) is 0 Å². The van der Waals surface area contributed by atoms with Crippen molar-refractivity contribution in [2.24, 2.45) is 0 Å².